The Hall–Kier alpha value is -1.60. The van der Waals surface area contributed by atoms with Crippen molar-refractivity contribution in [3.05, 3.63) is 29.8 Å². The SMILES string of the molecule is O=C(NCCCOC1CCCCC1)c1cccc(N2CCCS2(=O)=O)c1. The molecule has 6 nitrogen and oxygen atoms in total. The van der Waals surface area contributed by atoms with Crippen molar-refractivity contribution in [3.63, 3.8) is 0 Å². The largest absolute Gasteiger partial charge is 0.378 e. The lowest BCUT2D eigenvalue weighted by molar-refractivity contribution is 0.0273. The molecule has 1 saturated carbocycles. The first-order valence-electron chi connectivity index (χ1n) is 9.56. The second-order valence-corrected chi connectivity index (χ2v) is 9.05. The molecule has 7 heteroatoms. The van der Waals surface area contributed by atoms with Gasteiger partial charge in [0.05, 0.1) is 17.5 Å². The number of nitrogens with zero attached hydrogens (tertiary/aromatic N) is 1. The van der Waals surface area contributed by atoms with E-state index in [0.29, 0.717) is 43.5 Å². The number of anilines is 1. The lowest BCUT2D eigenvalue weighted by Crippen LogP contribution is -2.28. The van der Waals surface area contributed by atoms with Crippen LogP contribution in [0.1, 0.15) is 55.3 Å². The predicted molar refractivity (Wildman–Crippen MR) is 102 cm³/mol. The van der Waals surface area contributed by atoms with E-state index < -0.39 is 10.0 Å². The van der Waals surface area contributed by atoms with Gasteiger partial charge in [-0.1, -0.05) is 25.3 Å². The van der Waals surface area contributed by atoms with Crippen LogP contribution in [-0.2, 0) is 14.8 Å². The van der Waals surface area contributed by atoms with E-state index in [4.69, 9.17) is 4.74 Å². The maximum atomic E-state index is 12.3. The topological polar surface area (TPSA) is 75.7 Å². The van der Waals surface area contributed by atoms with Gasteiger partial charge in [-0.25, -0.2) is 8.42 Å². The molecule has 2 aliphatic rings. The molecule has 1 aromatic carbocycles. The highest BCUT2D eigenvalue weighted by Crippen LogP contribution is 2.24. The van der Waals surface area contributed by atoms with E-state index in [-0.39, 0.29) is 11.7 Å². The van der Waals surface area contributed by atoms with Crippen molar-refractivity contribution in [2.45, 2.75) is 51.0 Å². The Kier molecular flexibility index (Phi) is 6.53. The van der Waals surface area contributed by atoms with Crippen molar-refractivity contribution < 1.29 is 17.9 Å². The number of nitrogens with one attached hydrogen (secondary N) is 1. The third-order valence-electron chi connectivity index (χ3n) is 5.01. The Morgan fingerprint density at radius 2 is 2.00 bits per heavy atom. The zero-order valence-corrected chi connectivity index (χ0v) is 16.0. The van der Waals surface area contributed by atoms with Gasteiger partial charge >= 0.3 is 0 Å². The third kappa shape index (κ3) is 4.98. The molecule has 1 N–H and O–H groups in total. The third-order valence-corrected chi connectivity index (χ3v) is 6.88. The minimum atomic E-state index is -3.23. The van der Waals surface area contributed by atoms with E-state index in [1.54, 1.807) is 24.3 Å². The summed E-state index contributed by atoms with van der Waals surface area (Å²) in [7, 11) is -3.23. The quantitative estimate of drug-likeness (QED) is 0.738. The molecule has 1 aliphatic heterocycles. The van der Waals surface area contributed by atoms with Crippen LogP contribution in [0.4, 0.5) is 5.69 Å². The minimum absolute atomic E-state index is 0.171. The molecule has 144 valence electrons. The van der Waals surface area contributed by atoms with Crippen molar-refractivity contribution in [1.82, 2.24) is 5.32 Å². The van der Waals surface area contributed by atoms with E-state index in [0.717, 1.165) is 19.3 Å². The van der Waals surface area contributed by atoms with Crippen molar-refractivity contribution >= 4 is 21.6 Å². The Morgan fingerprint density at radius 1 is 1.19 bits per heavy atom. The summed E-state index contributed by atoms with van der Waals surface area (Å²) >= 11 is 0. The predicted octanol–water partition coefficient (Wildman–Crippen LogP) is 2.70. The number of ether oxygens (including phenoxy) is 1. The van der Waals surface area contributed by atoms with Gasteiger partial charge < -0.3 is 10.1 Å². The van der Waals surface area contributed by atoms with Gasteiger partial charge in [-0.2, -0.15) is 0 Å². The van der Waals surface area contributed by atoms with E-state index in [2.05, 4.69) is 5.32 Å². The summed E-state index contributed by atoms with van der Waals surface area (Å²) in [4.78, 5) is 12.3. The molecule has 1 aliphatic carbocycles. The van der Waals surface area contributed by atoms with Gasteiger partial charge in [0.2, 0.25) is 10.0 Å². The molecule has 1 heterocycles. The summed E-state index contributed by atoms with van der Waals surface area (Å²) < 4.78 is 31.3. The first kappa shape index (κ1) is 19.2. The van der Waals surface area contributed by atoms with Crippen LogP contribution in [0.5, 0.6) is 0 Å². The zero-order chi connectivity index (χ0) is 18.4. The fraction of sp³-hybridized carbons (Fsp3) is 0.632. The van der Waals surface area contributed by atoms with Crippen LogP contribution < -0.4 is 9.62 Å². The Bertz CT molecular complexity index is 714. The van der Waals surface area contributed by atoms with Crippen molar-refractivity contribution in [2.75, 3.05) is 29.8 Å². The molecule has 1 amide bonds. The summed E-state index contributed by atoms with van der Waals surface area (Å²) in [5.74, 6) is -0.00848. The van der Waals surface area contributed by atoms with Gasteiger partial charge in [0, 0.05) is 25.3 Å². The van der Waals surface area contributed by atoms with Gasteiger partial charge in [-0.05, 0) is 43.9 Å². The molecule has 3 rings (SSSR count). The highest BCUT2D eigenvalue weighted by atomic mass is 32.2. The van der Waals surface area contributed by atoms with Crippen LogP contribution >= 0.6 is 0 Å². The summed E-state index contributed by atoms with van der Waals surface area (Å²) in [5, 5.41) is 2.89. The fourth-order valence-corrected chi connectivity index (χ4v) is 5.15. The minimum Gasteiger partial charge on any atom is -0.378 e. The highest BCUT2D eigenvalue weighted by molar-refractivity contribution is 7.93. The summed E-state index contributed by atoms with van der Waals surface area (Å²) in [6.45, 7) is 1.70. The molecule has 26 heavy (non-hydrogen) atoms. The first-order chi connectivity index (χ1) is 12.6. The molecule has 0 bridgehead atoms. The number of carbonyl (C=O) groups is 1. The van der Waals surface area contributed by atoms with Gasteiger partial charge in [0.25, 0.3) is 5.91 Å². The van der Waals surface area contributed by atoms with Crippen LogP contribution in [0.25, 0.3) is 0 Å². The molecule has 0 aromatic heterocycles. The molecule has 1 aromatic rings. The Labute approximate surface area is 156 Å². The average molecular weight is 381 g/mol. The van der Waals surface area contributed by atoms with Gasteiger partial charge in [-0.15, -0.1) is 0 Å². The Morgan fingerprint density at radius 3 is 2.73 bits per heavy atom. The van der Waals surface area contributed by atoms with Crippen molar-refractivity contribution in [3.8, 4) is 0 Å². The molecular weight excluding hydrogens is 352 g/mol. The number of hydrogen-bond acceptors (Lipinski definition) is 4. The van der Waals surface area contributed by atoms with E-state index in [1.165, 1.54) is 23.6 Å². The summed E-state index contributed by atoms with van der Waals surface area (Å²) in [6, 6.07) is 6.82. The lowest BCUT2D eigenvalue weighted by Gasteiger charge is -2.22. The maximum absolute atomic E-state index is 12.3. The monoisotopic (exact) mass is 380 g/mol. The van der Waals surface area contributed by atoms with Gasteiger partial charge in [0.15, 0.2) is 0 Å². The molecule has 0 spiro atoms. The second kappa shape index (κ2) is 8.86. The van der Waals surface area contributed by atoms with E-state index in [9.17, 15) is 13.2 Å². The zero-order valence-electron chi connectivity index (χ0n) is 15.2. The molecule has 0 radical (unpaired) electrons. The van der Waals surface area contributed by atoms with Crippen LogP contribution in [0.2, 0.25) is 0 Å². The number of sulfonamides is 1. The number of carbonyl (C=O) groups excluding carboxylic acids is 1. The van der Waals surface area contributed by atoms with Crippen LogP contribution in [0.3, 0.4) is 0 Å². The van der Waals surface area contributed by atoms with Crippen molar-refractivity contribution in [2.24, 2.45) is 0 Å². The normalized spacial score (nSPS) is 20.2. The second-order valence-electron chi connectivity index (χ2n) is 7.03. The highest BCUT2D eigenvalue weighted by Gasteiger charge is 2.28. The van der Waals surface area contributed by atoms with Crippen LogP contribution in [0.15, 0.2) is 24.3 Å². The summed E-state index contributed by atoms with van der Waals surface area (Å²) in [6.07, 6.45) is 7.92. The Balaban J connectivity index is 1.45. The number of hydrogen-bond donors (Lipinski definition) is 1. The van der Waals surface area contributed by atoms with Gasteiger partial charge in [-0.3, -0.25) is 9.10 Å². The smallest absolute Gasteiger partial charge is 0.251 e. The number of rotatable bonds is 7. The number of amides is 1. The average Bonchev–Trinajstić information content (AvgIpc) is 3.01. The fourth-order valence-electron chi connectivity index (χ4n) is 3.59. The molecule has 0 atom stereocenters. The molecule has 2 fully saturated rings. The standard InChI is InChI=1S/C19H28N2O4S/c22-19(20-11-5-13-25-18-9-2-1-3-10-18)16-7-4-8-17(15-16)21-12-6-14-26(21,23)24/h4,7-8,15,18H,1-3,5-6,9-14H2,(H,20,22). The number of benzene rings is 1. The molecular formula is C19H28N2O4S. The maximum Gasteiger partial charge on any atom is 0.251 e. The summed E-state index contributed by atoms with van der Waals surface area (Å²) in [5.41, 5.74) is 1.05. The van der Waals surface area contributed by atoms with E-state index in [1.807, 2.05) is 0 Å². The van der Waals surface area contributed by atoms with Crippen molar-refractivity contribution in [1.29, 1.82) is 0 Å². The molecule has 0 unspecified atom stereocenters. The van der Waals surface area contributed by atoms with E-state index >= 15 is 0 Å². The van der Waals surface area contributed by atoms with Gasteiger partial charge in [0.1, 0.15) is 0 Å². The first-order valence-corrected chi connectivity index (χ1v) is 11.2. The molecule has 1 saturated heterocycles. The lowest BCUT2D eigenvalue weighted by atomic mass is 9.98. The van der Waals surface area contributed by atoms with Crippen LogP contribution in [-0.4, -0.2) is 45.9 Å². The van der Waals surface area contributed by atoms with Crippen LogP contribution in [0, 0.1) is 0 Å².